The number of likely N-dealkylation sites (tertiary alicyclic amines) is 3. The molecule has 3 aliphatic rings. The molecule has 3 atom stereocenters. The van der Waals surface area contributed by atoms with Gasteiger partial charge in [-0.15, -0.1) is 0 Å². The van der Waals surface area contributed by atoms with Gasteiger partial charge in [0.1, 0.15) is 0 Å². The molecular weight excluding hydrogens is 374 g/mol. The SMILES string of the molecule is CC(C)C(=O)N1CCCC(C(=O)N2CCC3C(CCCN3Cc3ccccc3)C2)C1. The van der Waals surface area contributed by atoms with Crippen LogP contribution in [0.15, 0.2) is 30.3 Å². The fourth-order valence-corrected chi connectivity index (χ4v) is 5.72. The number of carbonyl (C=O) groups is 2. The highest BCUT2D eigenvalue weighted by Crippen LogP contribution is 2.33. The zero-order valence-electron chi connectivity index (χ0n) is 18.6. The normalized spacial score (nSPS) is 27.8. The molecule has 0 aliphatic carbocycles. The quantitative estimate of drug-likeness (QED) is 0.763. The van der Waals surface area contributed by atoms with Gasteiger partial charge in [-0.05, 0) is 50.1 Å². The predicted octanol–water partition coefficient (Wildman–Crippen LogP) is 3.39. The van der Waals surface area contributed by atoms with Crippen molar-refractivity contribution in [1.29, 1.82) is 0 Å². The number of nitrogens with zero attached hydrogens (tertiary/aromatic N) is 3. The van der Waals surface area contributed by atoms with E-state index in [0.717, 1.165) is 45.4 Å². The van der Waals surface area contributed by atoms with Gasteiger partial charge in [0, 0.05) is 44.7 Å². The number of hydrogen-bond acceptors (Lipinski definition) is 3. The van der Waals surface area contributed by atoms with Crippen molar-refractivity contribution < 1.29 is 9.59 Å². The van der Waals surface area contributed by atoms with Crippen LogP contribution in [0.4, 0.5) is 0 Å². The van der Waals surface area contributed by atoms with Crippen LogP contribution in [0.5, 0.6) is 0 Å². The van der Waals surface area contributed by atoms with E-state index >= 15 is 0 Å². The molecule has 1 aromatic rings. The van der Waals surface area contributed by atoms with E-state index in [1.165, 1.54) is 24.9 Å². The van der Waals surface area contributed by atoms with Gasteiger partial charge in [0.25, 0.3) is 0 Å². The van der Waals surface area contributed by atoms with E-state index in [1.54, 1.807) is 0 Å². The Morgan fingerprint density at radius 2 is 1.70 bits per heavy atom. The van der Waals surface area contributed by atoms with Gasteiger partial charge in [0.2, 0.25) is 11.8 Å². The van der Waals surface area contributed by atoms with Crippen LogP contribution in [0, 0.1) is 17.8 Å². The van der Waals surface area contributed by atoms with Crippen LogP contribution in [0.3, 0.4) is 0 Å². The maximum atomic E-state index is 13.3. The molecule has 0 bridgehead atoms. The molecule has 3 heterocycles. The Kier molecular flexibility index (Phi) is 6.77. The van der Waals surface area contributed by atoms with E-state index in [-0.39, 0.29) is 23.7 Å². The van der Waals surface area contributed by atoms with Crippen LogP contribution >= 0.6 is 0 Å². The highest BCUT2D eigenvalue weighted by molar-refractivity contribution is 5.82. The van der Waals surface area contributed by atoms with Gasteiger partial charge in [-0.3, -0.25) is 14.5 Å². The Bertz CT molecular complexity index is 735. The molecule has 4 rings (SSSR count). The first-order valence-corrected chi connectivity index (χ1v) is 11.9. The van der Waals surface area contributed by atoms with Crippen molar-refractivity contribution in [2.24, 2.45) is 17.8 Å². The molecule has 0 radical (unpaired) electrons. The van der Waals surface area contributed by atoms with E-state index in [0.29, 0.717) is 18.5 Å². The third kappa shape index (κ3) is 4.72. The highest BCUT2D eigenvalue weighted by Gasteiger charge is 2.39. The van der Waals surface area contributed by atoms with Gasteiger partial charge in [-0.2, -0.15) is 0 Å². The summed E-state index contributed by atoms with van der Waals surface area (Å²) in [5.41, 5.74) is 1.38. The fourth-order valence-electron chi connectivity index (χ4n) is 5.72. The lowest BCUT2D eigenvalue weighted by atomic mass is 9.83. The molecule has 30 heavy (non-hydrogen) atoms. The Balaban J connectivity index is 1.35. The molecule has 2 amide bonds. The van der Waals surface area contributed by atoms with E-state index in [9.17, 15) is 9.59 Å². The minimum absolute atomic E-state index is 0.00688. The molecule has 0 N–H and O–H groups in total. The van der Waals surface area contributed by atoms with Gasteiger partial charge >= 0.3 is 0 Å². The van der Waals surface area contributed by atoms with E-state index < -0.39 is 0 Å². The number of piperidine rings is 3. The molecule has 5 nitrogen and oxygen atoms in total. The molecule has 3 saturated heterocycles. The van der Waals surface area contributed by atoms with Crippen molar-refractivity contribution in [3.05, 3.63) is 35.9 Å². The van der Waals surface area contributed by atoms with Crippen molar-refractivity contribution in [3.63, 3.8) is 0 Å². The summed E-state index contributed by atoms with van der Waals surface area (Å²) in [6, 6.07) is 11.3. The van der Waals surface area contributed by atoms with Crippen LogP contribution < -0.4 is 0 Å². The van der Waals surface area contributed by atoms with Crippen LogP contribution in [0.25, 0.3) is 0 Å². The summed E-state index contributed by atoms with van der Waals surface area (Å²) in [5.74, 6) is 1.05. The van der Waals surface area contributed by atoms with E-state index in [4.69, 9.17) is 0 Å². The number of carbonyl (C=O) groups excluding carboxylic acids is 2. The molecule has 3 fully saturated rings. The molecule has 1 aromatic carbocycles. The lowest BCUT2D eigenvalue weighted by Crippen LogP contribution is -2.56. The fraction of sp³-hybridized carbons (Fsp3) is 0.680. The molecule has 0 spiro atoms. The van der Waals surface area contributed by atoms with Gasteiger partial charge in [-0.25, -0.2) is 0 Å². The Labute approximate surface area is 181 Å². The van der Waals surface area contributed by atoms with Crippen molar-refractivity contribution >= 4 is 11.8 Å². The number of amides is 2. The highest BCUT2D eigenvalue weighted by atomic mass is 16.2. The summed E-state index contributed by atoms with van der Waals surface area (Å²) in [6.45, 7) is 9.25. The average molecular weight is 412 g/mol. The average Bonchev–Trinajstić information content (AvgIpc) is 2.78. The van der Waals surface area contributed by atoms with Crippen molar-refractivity contribution in [1.82, 2.24) is 14.7 Å². The second-order valence-electron chi connectivity index (χ2n) is 9.78. The van der Waals surface area contributed by atoms with Crippen molar-refractivity contribution in [2.45, 2.75) is 58.5 Å². The van der Waals surface area contributed by atoms with Crippen LogP contribution in [0.2, 0.25) is 0 Å². The molecular formula is C25H37N3O2. The summed E-state index contributed by atoms with van der Waals surface area (Å²) in [4.78, 5) is 32.4. The summed E-state index contributed by atoms with van der Waals surface area (Å²) in [7, 11) is 0. The standard InChI is InChI=1S/C25H37N3O2/c1-19(2)24(29)27-14-7-11-22(18-27)25(30)28-15-12-23-21(17-28)10-6-13-26(23)16-20-8-4-3-5-9-20/h3-5,8-9,19,21-23H,6-7,10-18H2,1-2H3. The van der Waals surface area contributed by atoms with Crippen molar-refractivity contribution in [3.8, 4) is 0 Å². The number of benzene rings is 1. The van der Waals surface area contributed by atoms with Gasteiger partial charge in [-0.1, -0.05) is 44.2 Å². The first-order chi connectivity index (χ1) is 14.5. The lowest BCUT2D eigenvalue weighted by molar-refractivity contribution is -0.144. The van der Waals surface area contributed by atoms with Crippen LogP contribution in [-0.2, 0) is 16.1 Å². The molecule has 0 aromatic heterocycles. The smallest absolute Gasteiger partial charge is 0.227 e. The maximum Gasteiger partial charge on any atom is 0.227 e. The molecule has 3 unspecified atom stereocenters. The monoisotopic (exact) mass is 411 g/mol. The van der Waals surface area contributed by atoms with Crippen LogP contribution in [-0.4, -0.2) is 65.3 Å². The Hall–Kier alpha value is -1.88. The zero-order chi connectivity index (χ0) is 21.1. The third-order valence-corrected chi connectivity index (χ3v) is 7.30. The summed E-state index contributed by atoms with van der Waals surface area (Å²) in [6.07, 6.45) is 5.38. The molecule has 3 aliphatic heterocycles. The zero-order valence-corrected chi connectivity index (χ0v) is 18.6. The van der Waals surface area contributed by atoms with Crippen LogP contribution in [0.1, 0.15) is 51.5 Å². The van der Waals surface area contributed by atoms with E-state index in [1.807, 2.05) is 18.7 Å². The maximum absolute atomic E-state index is 13.3. The first-order valence-electron chi connectivity index (χ1n) is 11.9. The van der Waals surface area contributed by atoms with Gasteiger partial charge in [0.15, 0.2) is 0 Å². The summed E-state index contributed by atoms with van der Waals surface area (Å²) in [5, 5.41) is 0. The van der Waals surface area contributed by atoms with Crippen molar-refractivity contribution in [2.75, 3.05) is 32.7 Å². The molecule has 5 heteroatoms. The second-order valence-corrected chi connectivity index (χ2v) is 9.78. The molecule has 164 valence electrons. The minimum Gasteiger partial charge on any atom is -0.342 e. The van der Waals surface area contributed by atoms with Gasteiger partial charge in [0.05, 0.1) is 5.92 Å². The largest absolute Gasteiger partial charge is 0.342 e. The Morgan fingerprint density at radius 1 is 0.933 bits per heavy atom. The van der Waals surface area contributed by atoms with Gasteiger partial charge < -0.3 is 9.80 Å². The lowest BCUT2D eigenvalue weighted by Gasteiger charge is -2.48. The predicted molar refractivity (Wildman–Crippen MR) is 119 cm³/mol. The topological polar surface area (TPSA) is 43.9 Å². The number of rotatable bonds is 4. The second kappa shape index (κ2) is 9.51. The summed E-state index contributed by atoms with van der Waals surface area (Å²) >= 11 is 0. The number of fused-ring (bicyclic) bond motifs is 1. The minimum atomic E-state index is -0.0120. The molecule has 0 saturated carbocycles. The third-order valence-electron chi connectivity index (χ3n) is 7.30. The summed E-state index contributed by atoms with van der Waals surface area (Å²) < 4.78 is 0. The first kappa shape index (κ1) is 21.4. The number of hydrogen-bond donors (Lipinski definition) is 0. The van der Waals surface area contributed by atoms with E-state index in [2.05, 4.69) is 40.1 Å². The Morgan fingerprint density at radius 3 is 2.47 bits per heavy atom.